The van der Waals surface area contributed by atoms with E-state index in [2.05, 4.69) is 42.5 Å². The number of para-hydroxylation sites is 4. The van der Waals surface area contributed by atoms with Crippen molar-refractivity contribution in [3.05, 3.63) is 261 Å². The second-order valence-corrected chi connectivity index (χ2v) is 23.2. The van der Waals surface area contributed by atoms with E-state index in [1.54, 1.807) is 27.7 Å². The van der Waals surface area contributed by atoms with E-state index in [0.29, 0.717) is 13.1 Å². The normalized spacial score (nSPS) is 12.7. The molecule has 97 heavy (non-hydrogen) atoms. The molecule has 0 aliphatic heterocycles. The van der Waals surface area contributed by atoms with Gasteiger partial charge in [0.25, 0.3) is 47.3 Å². The second-order valence-electron chi connectivity index (χ2n) is 23.2. The largest absolute Gasteiger partial charge is 3.00 e. The Bertz CT molecular complexity index is 3510. The minimum atomic E-state index is -0.778. The first-order valence-electron chi connectivity index (χ1n) is 31.7. The van der Waals surface area contributed by atoms with E-state index in [1.165, 1.54) is 72.8 Å². The van der Waals surface area contributed by atoms with Gasteiger partial charge in [0, 0.05) is 44.5 Å². The van der Waals surface area contributed by atoms with Gasteiger partial charge in [0.1, 0.15) is 13.1 Å². The van der Waals surface area contributed by atoms with Crippen LogP contribution in [0.1, 0.15) is 157 Å². The molecule has 10 N–H and O–H groups in total. The van der Waals surface area contributed by atoms with E-state index >= 15 is 0 Å². The molecule has 4 atom stereocenters. The Kier molecular flexibility index (Phi) is 28.4. The number of hydrogen-bond acceptors (Lipinski definition) is 12. The standard InChI is InChI=1S/C74H80N10O12.Eu/c1-47(51-21-9-5-10-22-51)79-71(93)59-33-17-29-55(63(59)85)67(89)75-37-41-83(42-38-76-68(90)56-30-18-34-60(64(56)86)72(94)80-48(2)52-23-11-6-12-24-52)45-46-84(43-39-77-69(91)57-31-19-35-61(65(57)87)73(95)81-49(3)53-25-13-7-14-26-53)44-40-78-70(92)58-32-20-36-62(66(58)88)74(96)82-50(4)54-27-15-8-16-28-54;/h5-36,47-50,85-88H,37-46H2,1-4H3,(H,75,89)(H,76,90)(H,77,91)(H,78,92)(H,79,93)(H,80,94)(H,81,95)(H,82,96);/q;+3/p-2. The van der Waals surface area contributed by atoms with E-state index in [9.17, 15) is 58.8 Å². The fraction of sp³-hybridized carbons (Fsp3) is 0.243. The Morgan fingerprint density at radius 3 is 0.629 bits per heavy atom. The Morgan fingerprint density at radius 1 is 0.268 bits per heavy atom. The average Bonchev–Trinajstić information content (AvgIpc) is 0.918. The summed E-state index contributed by atoms with van der Waals surface area (Å²) in [5.41, 5.74) is 1.26. The summed E-state index contributed by atoms with van der Waals surface area (Å²) < 4.78 is 0. The molecule has 22 nitrogen and oxygen atoms in total. The van der Waals surface area contributed by atoms with Crippen LogP contribution in [0.25, 0.3) is 0 Å². The van der Waals surface area contributed by atoms with Gasteiger partial charge in [0.05, 0.1) is 76.5 Å². The van der Waals surface area contributed by atoms with Gasteiger partial charge in [0.2, 0.25) is 0 Å². The van der Waals surface area contributed by atoms with Crippen molar-refractivity contribution in [3.8, 4) is 23.0 Å². The monoisotopic (exact) mass is 1450 g/mol. The summed E-state index contributed by atoms with van der Waals surface area (Å²) in [6, 6.07) is 51.2. The van der Waals surface area contributed by atoms with Crippen molar-refractivity contribution in [2.75, 3.05) is 65.4 Å². The first-order valence-corrected chi connectivity index (χ1v) is 31.7. The van der Waals surface area contributed by atoms with Crippen LogP contribution in [-0.2, 0) is 0 Å². The molecule has 0 aromatic heterocycles. The van der Waals surface area contributed by atoms with E-state index in [4.69, 9.17) is 0 Å². The smallest absolute Gasteiger partial charge is 0.871 e. The molecule has 0 fully saturated rings. The topological polar surface area (TPSA) is 334 Å². The average molecular weight is 1450 g/mol. The van der Waals surface area contributed by atoms with E-state index in [0.717, 1.165) is 32.1 Å². The summed E-state index contributed by atoms with van der Waals surface area (Å²) in [7, 11) is 0. The van der Waals surface area contributed by atoms with Crippen LogP contribution in [-0.4, -0.2) is 113 Å². The van der Waals surface area contributed by atoms with Gasteiger partial charge in [-0.05, 0) is 49.9 Å². The van der Waals surface area contributed by atoms with Crippen LogP contribution in [0, 0.1) is 49.4 Å². The van der Waals surface area contributed by atoms with E-state index < -0.39 is 94.4 Å². The summed E-state index contributed by atoms with van der Waals surface area (Å²) in [4.78, 5) is 110. The molecule has 8 aromatic carbocycles. The van der Waals surface area contributed by atoms with Crippen LogP contribution in [0.15, 0.2) is 194 Å². The molecule has 0 aliphatic carbocycles. The zero-order chi connectivity index (χ0) is 68.7. The Morgan fingerprint density at radius 2 is 0.443 bits per heavy atom. The third kappa shape index (κ3) is 20.9. The van der Waals surface area contributed by atoms with E-state index in [1.807, 2.05) is 121 Å². The quantitative estimate of drug-likeness (QED) is 0.0300. The van der Waals surface area contributed by atoms with Crippen molar-refractivity contribution >= 4 is 47.3 Å². The first-order chi connectivity index (χ1) is 46.3. The fourth-order valence-corrected chi connectivity index (χ4v) is 10.9. The van der Waals surface area contributed by atoms with Gasteiger partial charge >= 0.3 is 49.4 Å². The van der Waals surface area contributed by atoms with Crippen LogP contribution in [0.2, 0.25) is 0 Å². The summed E-state index contributed by atoms with van der Waals surface area (Å²) in [5.74, 6) is -8.75. The predicted molar refractivity (Wildman–Crippen MR) is 353 cm³/mol. The van der Waals surface area contributed by atoms with Gasteiger partial charge < -0.3 is 72.8 Å². The molecule has 0 spiro atoms. The van der Waals surface area contributed by atoms with Crippen molar-refractivity contribution in [2.24, 2.45) is 0 Å². The van der Waals surface area contributed by atoms with Gasteiger partial charge in [-0.2, -0.15) is 0 Å². The molecule has 0 radical (unpaired) electrons. The molecule has 0 saturated carbocycles. The SMILES string of the molecule is CC(NC(=O)c1cccc(C(=O)NCC[NH+](CCNC(=O)c2cccc(C(=O)NC(C)c3ccccc3)c2[O-])CC[NH+](CCNC(=O)c2cccc(C(=O)NC(C)c3ccccc3)c2[O-])CCNC(=O)c2cccc(C(=O)NC(C)c3ccccc3)c2[O-])c1[O-])c1ccccc1.[Eu+3]. The second kappa shape index (κ2) is 36.9. The molecule has 0 aliphatic rings. The van der Waals surface area contributed by atoms with Crippen molar-refractivity contribution in [1.82, 2.24) is 42.5 Å². The summed E-state index contributed by atoms with van der Waals surface area (Å²) in [6.45, 7) is 8.33. The number of hydrogen-bond donors (Lipinski definition) is 10. The first kappa shape index (κ1) is 74.6. The summed E-state index contributed by atoms with van der Waals surface area (Å²) in [5, 5.41) is 77.3. The van der Waals surface area contributed by atoms with Gasteiger partial charge in [0.15, 0.2) is 0 Å². The molecule has 4 unspecified atom stereocenters. The van der Waals surface area contributed by atoms with Crippen LogP contribution < -0.4 is 72.8 Å². The predicted octanol–water partition coefficient (Wildman–Crippen LogP) is 2.73. The number of carbonyl (C=O) groups excluding carboxylic acids is 8. The maximum Gasteiger partial charge on any atom is 3.00 e. The van der Waals surface area contributed by atoms with Gasteiger partial charge in [-0.15, -0.1) is 0 Å². The van der Waals surface area contributed by atoms with Crippen molar-refractivity contribution in [1.29, 1.82) is 0 Å². The van der Waals surface area contributed by atoms with Crippen molar-refractivity contribution < 1.29 is 118 Å². The van der Waals surface area contributed by atoms with Crippen LogP contribution >= 0.6 is 0 Å². The van der Waals surface area contributed by atoms with Gasteiger partial charge in [-0.25, -0.2) is 0 Å². The number of amides is 8. The minimum Gasteiger partial charge on any atom is -0.871 e. The van der Waals surface area contributed by atoms with Crippen LogP contribution in [0.3, 0.4) is 0 Å². The number of quaternary nitrogens is 2. The van der Waals surface area contributed by atoms with Crippen molar-refractivity contribution in [2.45, 2.75) is 51.9 Å². The van der Waals surface area contributed by atoms with E-state index in [-0.39, 0.29) is 146 Å². The fourth-order valence-electron chi connectivity index (χ4n) is 10.9. The molecule has 8 aromatic rings. The van der Waals surface area contributed by atoms with Crippen LogP contribution in [0.4, 0.5) is 0 Å². The molecule has 8 amide bonds. The number of benzene rings is 8. The zero-order valence-corrected chi connectivity index (χ0v) is 56.6. The maximum atomic E-state index is 13.8. The van der Waals surface area contributed by atoms with Gasteiger partial charge in [-0.3, -0.25) is 38.4 Å². The summed E-state index contributed by atoms with van der Waals surface area (Å²) >= 11 is 0. The third-order valence-electron chi connectivity index (χ3n) is 16.5. The van der Waals surface area contributed by atoms with Crippen LogP contribution in [0.5, 0.6) is 23.0 Å². The number of carbonyl (C=O) groups is 8. The number of nitrogens with one attached hydrogen (secondary N) is 10. The Balaban J connectivity index is 0.0000133. The summed E-state index contributed by atoms with van der Waals surface area (Å²) in [6.07, 6.45) is 0. The molecule has 0 saturated heterocycles. The van der Waals surface area contributed by atoms with Gasteiger partial charge in [-0.1, -0.05) is 217 Å². The molecule has 0 bridgehead atoms. The molecular weight excluding hydrogens is 1370 g/mol. The maximum absolute atomic E-state index is 13.8. The minimum absolute atomic E-state index is 0. The molecule has 0 heterocycles. The molecule has 8 rings (SSSR count). The Labute approximate surface area is 604 Å². The molecule has 23 heteroatoms. The van der Waals surface area contributed by atoms with Crippen molar-refractivity contribution in [3.63, 3.8) is 0 Å². The Hall–Kier alpha value is -9.78. The third-order valence-corrected chi connectivity index (χ3v) is 16.5. The molecule has 502 valence electrons. The zero-order valence-electron chi connectivity index (χ0n) is 54.1. The number of rotatable bonds is 31. The molecular formula is C74H78EuN10O12+.